The Bertz CT molecular complexity index is 1020. The van der Waals surface area contributed by atoms with Crippen molar-refractivity contribution in [3.8, 4) is 11.4 Å². The predicted octanol–water partition coefficient (Wildman–Crippen LogP) is 3.56. The van der Waals surface area contributed by atoms with Gasteiger partial charge in [0.1, 0.15) is 12.4 Å². The zero-order valence-electron chi connectivity index (χ0n) is 18.3. The Morgan fingerprint density at radius 3 is 2.50 bits per heavy atom. The fourth-order valence-corrected chi connectivity index (χ4v) is 4.25. The van der Waals surface area contributed by atoms with Crippen molar-refractivity contribution in [3.63, 3.8) is 0 Å². The molecule has 6 nitrogen and oxygen atoms in total. The molecule has 0 saturated carbocycles. The maximum absolute atomic E-state index is 13.2. The first kappa shape index (κ1) is 24.0. The van der Waals surface area contributed by atoms with E-state index in [2.05, 4.69) is 4.98 Å². The van der Waals surface area contributed by atoms with Gasteiger partial charge in [-0.3, -0.25) is 14.2 Å². The summed E-state index contributed by atoms with van der Waals surface area (Å²) in [6.45, 7) is 3.74. The molecule has 0 bridgehead atoms. The number of aliphatic hydroxyl groups is 1. The van der Waals surface area contributed by atoms with Gasteiger partial charge in [0.2, 0.25) is 5.91 Å². The fourth-order valence-electron chi connectivity index (χ4n) is 4.25. The Balaban J connectivity index is 2.05. The summed E-state index contributed by atoms with van der Waals surface area (Å²) in [4.78, 5) is 32.6. The van der Waals surface area contributed by atoms with Crippen LogP contribution >= 0.6 is 0 Å². The summed E-state index contributed by atoms with van der Waals surface area (Å²) in [5.74, 6) is -0.0752. The van der Waals surface area contributed by atoms with E-state index in [0.717, 1.165) is 37.8 Å². The molecule has 9 heteroatoms. The quantitative estimate of drug-likeness (QED) is 0.729. The van der Waals surface area contributed by atoms with Crippen molar-refractivity contribution in [1.29, 1.82) is 0 Å². The number of rotatable bonds is 6. The molecule has 1 saturated heterocycles. The lowest BCUT2D eigenvalue weighted by Crippen LogP contribution is -2.46. The number of aliphatic hydroxyl groups excluding tert-OH is 1. The van der Waals surface area contributed by atoms with Crippen LogP contribution in [0, 0.1) is 6.92 Å². The summed E-state index contributed by atoms with van der Waals surface area (Å²) in [5, 5.41) is 9.35. The smallest absolute Gasteiger partial charge is 0.396 e. The molecule has 1 aliphatic rings. The first-order valence-electron chi connectivity index (χ1n) is 10.9. The number of carbonyl (C=O) groups is 1. The second-order valence-corrected chi connectivity index (χ2v) is 8.08. The zero-order chi connectivity index (χ0) is 23.5. The molecule has 0 spiro atoms. The molecule has 0 unspecified atom stereocenters. The van der Waals surface area contributed by atoms with Gasteiger partial charge in [0.05, 0.1) is 5.56 Å². The van der Waals surface area contributed by atoms with Gasteiger partial charge in [0.25, 0.3) is 5.56 Å². The van der Waals surface area contributed by atoms with E-state index >= 15 is 0 Å². The van der Waals surface area contributed by atoms with Crippen LogP contribution in [0.1, 0.15) is 49.4 Å². The van der Waals surface area contributed by atoms with Crippen molar-refractivity contribution in [2.24, 2.45) is 0 Å². The van der Waals surface area contributed by atoms with Crippen LogP contribution in [0.3, 0.4) is 0 Å². The largest absolute Gasteiger partial charge is 0.416 e. The molecule has 32 heavy (non-hydrogen) atoms. The Kier molecular flexibility index (Phi) is 7.38. The molecule has 1 atom stereocenters. The van der Waals surface area contributed by atoms with Gasteiger partial charge in [0.15, 0.2) is 0 Å². The molecule has 1 amide bonds. The number of benzene rings is 1. The van der Waals surface area contributed by atoms with Crippen molar-refractivity contribution in [2.75, 3.05) is 13.2 Å². The van der Waals surface area contributed by atoms with Crippen molar-refractivity contribution in [3.05, 3.63) is 51.4 Å². The molecule has 1 aromatic heterocycles. The molecule has 2 heterocycles. The maximum atomic E-state index is 13.2. The van der Waals surface area contributed by atoms with Gasteiger partial charge in [-0.1, -0.05) is 19.1 Å². The molecule has 1 N–H and O–H groups in total. The first-order valence-corrected chi connectivity index (χ1v) is 10.9. The molecule has 1 fully saturated rings. The molecule has 1 aromatic carbocycles. The predicted molar refractivity (Wildman–Crippen MR) is 114 cm³/mol. The highest BCUT2D eigenvalue weighted by atomic mass is 19.4. The number of halogens is 3. The summed E-state index contributed by atoms with van der Waals surface area (Å²) in [6, 6.07) is 4.49. The third-order valence-corrected chi connectivity index (χ3v) is 6.01. The number of hydrogen-bond acceptors (Lipinski definition) is 4. The highest BCUT2D eigenvalue weighted by Crippen LogP contribution is 2.30. The third-order valence-electron chi connectivity index (χ3n) is 6.01. The fraction of sp³-hybridized carbons (Fsp3) is 0.522. The number of amides is 1. The van der Waals surface area contributed by atoms with Crippen molar-refractivity contribution >= 4 is 5.91 Å². The van der Waals surface area contributed by atoms with Crippen molar-refractivity contribution < 1.29 is 23.1 Å². The van der Waals surface area contributed by atoms with Gasteiger partial charge in [-0.2, -0.15) is 13.2 Å². The van der Waals surface area contributed by atoms with E-state index < -0.39 is 17.3 Å². The van der Waals surface area contributed by atoms with Crippen LogP contribution in [0.15, 0.2) is 29.1 Å². The van der Waals surface area contributed by atoms with Gasteiger partial charge in [-0.05, 0) is 44.7 Å². The highest BCUT2D eigenvalue weighted by molar-refractivity contribution is 5.77. The number of piperidine rings is 1. The Hall–Kier alpha value is -2.68. The average Bonchev–Trinajstić information content (AvgIpc) is 2.77. The molecule has 3 rings (SSSR count). The van der Waals surface area contributed by atoms with Crippen LogP contribution < -0.4 is 5.56 Å². The van der Waals surface area contributed by atoms with Crippen LogP contribution in [0.2, 0.25) is 0 Å². The minimum Gasteiger partial charge on any atom is -0.396 e. The summed E-state index contributed by atoms with van der Waals surface area (Å²) in [6.07, 6.45) is -0.734. The molecule has 0 radical (unpaired) electrons. The van der Waals surface area contributed by atoms with Crippen LogP contribution in [-0.2, 0) is 23.9 Å². The highest BCUT2D eigenvalue weighted by Gasteiger charge is 2.31. The number of hydrogen-bond donors (Lipinski definition) is 1. The molecule has 0 aliphatic carbocycles. The summed E-state index contributed by atoms with van der Waals surface area (Å²) < 4.78 is 40.1. The van der Waals surface area contributed by atoms with E-state index in [1.807, 2.05) is 6.92 Å². The first-order chi connectivity index (χ1) is 15.2. The van der Waals surface area contributed by atoms with Crippen LogP contribution in [-0.4, -0.2) is 44.7 Å². The molecule has 2 aromatic rings. The lowest BCUT2D eigenvalue weighted by atomic mass is 10.00. The van der Waals surface area contributed by atoms with Crippen LogP contribution in [0.5, 0.6) is 0 Å². The van der Waals surface area contributed by atoms with Gasteiger partial charge < -0.3 is 10.0 Å². The Morgan fingerprint density at radius 1 is 1.22 bits per heavy atom. The Morgan fingerprint density at radius 2 is 1.91 bits per heavy atom. The average molecular weight is 451 g/mol. The number of carbonyl (C=O) groups excluding carboxylic acids is 1. The van der Waals surface area contributed by atoms with E-state index in [4.69, 9.17) is 0 Å². The summed E-state index contributed by atoms with van der Waals surface area (Å²) in [7, 11) is 0. The molecule has 174 valence electrons. The zero-order valence-corrected chi connectivity index (χ0v) is 18.3. The van der Waals surface area contributed by atoms with E-state index in [1.54, 1.807) is 11.8 Å². The minimum atomic E-state index is -4.48. The maximum Gasteiger partial charge on any atom is 0.416 e. The van der Waals surface area contributed by atoms with Gasteiger partial charge >= 0.3 is 6.18 Å². The van der Waals surface area contributed by atoms with Crippen LogP contribution in [0.25, 0.3) is 11.4 Å². The third kappa shape index (κ3) is 5.03. The minimum absolute atomic E-state index is 0.0838. The van der Waals surface area contributed by atoms with Crippen LogP contribution in [0.4, 0.5) is 13.2 Å². The number of nitrogens with zero attached hydrogens (tertiary/aromatic N) is 3. The molecule has 1 aliphatic heterocycles. The lowest BCUT2D eigenvalue weighted by molar-refractivity contribution is -0.137. The van der Waals surface area contributed by atoms with Gasteiger partial charge in [-0.25, -0.2) is 4.98 Å². The van der Waals surface area contributed by atoms with E-state index in [0.29, 0.717) is 23.4 Å². The lowest BCUT2D eigenvalue weighted by Gasteiger charge is -2.35. The molecular formula is C23H28F3N3O3. The number of alkyl halides is 3. The number of likely N-dealkylation sites (tertiary alicyclic amines) is 1. The van der Waals surface area contributed by atoms with Gasteiger partial charge in [0, 0.05) is 42.4 Å². The number of aromatic nitrogens is 2. The second kappa shape index (κ2) is 9.85. The topological polar surface area (TPSA) is 75.4 Å². The van der Waals surface area contributed by atoms with Gasteiger partial charge in [-0.15, -0.1) is 0 Å². The SMILES string of the molecule is CC[C@H]1CCCCN1C(=O)Cn1c(-c2ccc(C(F)(F)F)cc2)nc(C)c(CCO)c1=O. The number of aryl methyl sites for hydroxylation is 1. The molecular weight excluding hydrogens is 423 g/mol. The summed E-state index contributed by atoms with van der Waals surface area (Å²) >= 11 is 0. The monoisotopic (exact) mass is 451 g/mol. The Labute approximate surface area is 184 Å². The standard InChI is InChI=1S/C23H28F3N3O3/c1-3-18-6-4-5-12-28(18)20(31)14-29-21(27-15(2)19(11-13-30)22(29)32)16-7-9-17(10-8-16)23(24,25)26/h7-10,18,30H,3-6,11-14H2,1-2H3/t18-/m0/s1. The second-order valence-electron chi connectivity index (χ2n) is 8.08. The van der Waals surface area contributed by atoms with Crippen molar-refractivity contribution in [2.45, 2.75) is 64.7 Å². The van der Waals surface area contributed by atoms with E-state index in [-0.39, 0.29) is 37.3 Å². The van der Waals surface area contributed by atoms with E-state index in [9.17, 15) is 27.9 Å². The normalized spacial score (nSPS) is 16.9. The van der Waals surface area contributed by atoms with Crippen molar-refractivity contribution in [1.82, 2.24) is 14.5 Å². The van der Waals surface area contributed by atoms with E-state index in [1.165, 1.54) is 16.7 Å². The summed E-state index contributed by atoms with van der Waals surface area (Å²) in [5.41, 5.74) is -0.278.